The van der Waals surface area contributed by atoms with Crippen molar-refractivity contribution in [3.63, 3.8) is 0 Å². The van der Waals surface area contributed by atoms with Gasteiger partial charge in [-0.1, -0.05) is 42.1 Å². The summed E-state index contributed by atoms with van der Waals surface area (Å²) in [6, 6.07) is 14.3. The first-order valence-electron chi connectivity index (χ1n) is 10.3. The first-order valence-corrected chi connectivity index (χ1v) is 12.4. The first kappa shape index (κ1) is 18.8. The summed E-state index contributed by atoms with van der Waals surface area (Å²) in [6.07, 6.45) is 6.97. The summed E-state index contributed by atoms with van der Waals surface area (Å²) in [5.41, 5.74) is 5.91. The quantitative estimate of drug-likeness (QED) is 0.253. The lowest BCUT2D eigenvalue weighted by atomic mass is 10.0. The van der Waals surface area contributed by atoms with Crippen molar-refractivity contribution in [2.24, 2.45) is 0 Å². The molecule has 1 aliphatic rings. The van der Waals surface area contributed by atoms with E-state index in [9.17, 15) is 0 Å². The highest BCUT2D eigenvalue weighted by atomic mass is 32.2. The number of nitrogens with zero attached hydrogens (tertiary/aromatic N) is 3. The van der Waals surface area contributed by atoms with E-state index >= 15 is 0 Å². The summed E-state index contributed by atoms with van der Waals surface area (Å²) < 4.78 is 6.79. The Hall–Kier alpha value is -2.90. The SMILES string of the molecule is CSc1nc(NCc2ccccc2)c2sc3nc(-c4ccco4)c4c(c3c2n1)CCC4. The van der Waals surface area contributed by atoms with Gasteiger partial charge in [-0.3, -0.25) is 0 Å². The molecule has 6 rings (SSSR count). The molecular formula is C24H20N4OS2. The fraction of sp³-hybridized carbons (Fsp3) is 0.208. The van der Waals surface area contributed by atoms with E-state index in [1.54, 1.807) is 29.4 Å². The number of thiophene rings is 1. The summed E-state index contributed by atoms with van der Waals surface area (Å²) in [5, 5.41) is 5.53. The number of aryl methyl sites for hydroxylation is 1. The molecule has 7 heteroatoms. The average molecular weight is 445 g/mol. The zero-order valence-corrected chi connectivity index (χ0v) is 18.6. The van der Waals surface area contributed by atoms with Crippen LogP contribution in [0.5, 0.6) is 0 Å². The molecule has 0 radical (unpaired) electrons. The molecule has 0 unspecified atom stereocenters. The van der Waals surface area contributed by atoms with Gasteiger partial charge < -0.3 is 9.73 Å². The van der Waals surface area contributed by atoms with Crippen LogP contribution in [0.15, 0.2) is 58.3 Å². The van der Waals surface area contributed by atoms with Gasteiger partial charge in [0.05, 0.1) is 16.5 Å². The minimum Gasteiger partial charge on any atom is -0.463 e. The van der Waals surface area contributed by atoms with Gasteiger partial charge in [-0.25, -0.2) is 15.0 Å². The van der Waals surface area contributed by atoms with Gasteiger partial charge in [0.25, 0.3) is 0 Å². The Kier molecular flexibility index (Phi) is 4.65. The van der Waals surface area contributed by atoms with Gasteiger partial charge in [0, 0.05) is 11.9 Å². The molecule has 0 saturated carbocycles. The molecule has 0 spiro atoms. The van der Waals surface area contributed by atoms with Gasteiger partial charge in [-0.2, -0.15) is 0 Å². The van der Waals surface area contributed by atoms with Gasteiger partial charge in [-0.05, 0) is 54.3 Å². The van der Waals surface area contributed by atoms with Crippen LogP contribution >= 0.6 is 23.1 Å². The molecule has 1 aliphatic carbocycles. The smallest absolute Gasteiger partial charge is 0.189 e. The highest BCUT2D eigenvalue weighted by molar-refractivity contribution is 7.98. The molecule has 31 heavy (non-hydrogen) atoms. The Morgan fingerprint density at radius 1 is 1.03 bits per heavy atom. The monoisotopic (exact) mass is 444 g/mol. The molecule has 5 nitrogen and oxygen atoms in total. The number of rotatable bonds is 5. The Balaban J connectivity index is 1.55. The third-order valence-corrected chi connectivity index (χ3v) is 7.38. The van der Waals surface area contributed by atoms with Crippen LogP contribution in [-0.2, 0) is 19.4 Å². The number of hydrogen-bond acceptors (Lipinski definition) is 7. The second-order valence-electron chi connectivity index (χ2n) is 7.61. The Morgan fingerprint density at radius 2 is 1.90 bits per heavy atom. The van der Waals surface area contributed by atoms with Crippen molar-refractivity contribution in [2.45, 2.75) is 31.0 Å². The molecule has 0 saturated heterocycles. The molecule has 0 amide bonds. The van der Waals surface area contributed by atoms with Gasteiger partial charge in [0.1, 0.15) is 16.3 Å². The molecule has 4 aromatic heterocycles. The highest BCUT2D eigenvalue weighted by Gasteiger charge is 2.26. The number of furan rings is 1. The van der Waals surface area contributed by atoms with Crippen LogP contribution in [0.4, 0.5) is 5.82 Å². The maximum Gasteiger partial charge on any atom is 0.189 e. The summed E-state index contributed by atoms with van der Waals surface area (Å²) in [5.74, 6) is 1.73. The van der Waals surface area contributed by atoms with Gasteiger partial charge >= 0.3 is 0 Å². The zero-order chi connectivity index (χ0) is 20.8. The van der Waals surface area contributed by atoms with Gasteiger partial charge in [-0.15, -0.1) is 11.3 Å². The van der Waals surface area contributed by atoms with Crippen molar-refractivity contribution in [3.05, 3.63) is 65.4 Å². The predicted molar refractivity (Wildman–Crippen MR) is 128 cm³/mol. The normalized spacial score (nSPS) is 13.2. The third-order valence-electron chi connectivity index (χ3n) is 5.75. The van der Waals surface area contributed by atoms with Gasteiger partial charge in [0.15, 0.2) is 10.9 Å². The molecule has 154 valence electrons. The average Bonchev–Trinajstić information content (AvgIpc) is 3.56. The fourth-order valence-electron chi connectivity index (χ4n) is 4.36. The van der Waals surface area contributed by atoms with Crippen LogP contribution in [0, 0.1) is 0 Å². The van der Waals surface area contributed by atoms with Crippen molar-refractivity contribution in [2.75, 3.05) is 11.6 Å². The molecule has 0 aliphatic heterocycles. The molecular weight excluding hydrogens is 424 g/mol. The Labute approximate surface area is 187 Å². The zero-order valence-electron chi connectivity index (χ0n) is 17.0. The Bertz CT molecular complexity index is 1390. The first-order chi connectivity index (χ1) is 15.3. The lowest BCUT2D eigenvalue weighted by molar-refractivity contribution is 0.579. The molecule has 0 atom stereocenters. The standard InChI is InChI=1S/C24H20N4OS2/c1-30-24-27-20-18-15-9-5-10-16(15)19(17-11-6-12-29-17)26-23(18)31-21(20)22(28-24)25-13-14-7-3-2-4-8-14/h2-4,6-8,11-12H,5,9-10,13H2,1H3,(H,25,27,28). The third kappa shape index (κ3) is 3.20. The van der Waals surface area contributed by atoms with Crippen LogP contribution in [0.25, 0.3) is 31.9 Å². The number of benzene rings is 1. The second kappa shape index (κ2) is 7.66. The van der Waals surface area contributed by atoms with E-state index in [0.29, 0.717) is 0 Å². The van der Waals surface area contributed by atoms with E-state index in [4.69, 9.17) is 19.4 Å². The molecule has 4 heterocycles. The van der Waals surface area contributed by atoms with Crippen LogP contribution in [0.3, 0.4) is 0 Å². The molecule has 1 aromatic carbocycles. The molecule has 0 bridgehead atoms. The van der Waals surface area contributed by atoms with Crippen LogP contribution in [0.1, 0.15) is 23.1 Å². The number of fused-ring (bicyclic) bond motifs is 5. The topological polar surface area (TPSA) is 63.8 Å². The maximum absolute atomic E-state index is 5.71. The van der Waals surface area contributed by atoms with Crippen LogP contribution in [-0.4, -0.2) is 21.2 Å². The van der Waals surface area contributed by atoms with Crippen molar-refractivity contribution in [3.8, 4) is 11.5 Å². The molecule has 1 N–H and O–H groups in total. The molecule has 5 aromatic rings. The summed E-state index contributed by atoms with van der Waals surface area (Å²) >= 11 is 3.24. The summed E-state index contributed by atoms with van der Waals surface area (Å²) in [6.45, 7) is 0.720. The van der Waals surface area contributed by atoms with Crippen molar-refractivity contribution in [1.29, 1.82) is 0 Å². The Morgan fingerprint density at radius 3 is 2.71 bits per heavy atom. The van der Waals surface area contributed by atoms with E-state index in [0.717, 1.165) is 63.3 Å². The predicted octanol–water partition coefficient (Wildman–Crippen LogP) is 6.32. The number of thioether (sulfide) groups is 1. The number of nitrogens with one attached hydrogen (secondary N) is 1. The van der Waals surface area contributed by atoms with E-state index in [1.165, 1.54) is 22.1 Å². The van der Waals surface area contributed by atoms with E-state index < -0.39 is 0 Å². The van der Waals surface area contributed by atoms with Crippen molar-refractivity contribution < 1.29 is 4.42 Å². The highest BCUT2D eigenvalue weighted by Crippen LogP contribution is 2.44. The van der Waals surface area contributed by atoms with Crippen molar-refractivity contribution in [1.82, 2.24) is 15.0 Å². The lowest BCUT2D eigenvalue weighted by Gasteiger charge is -2.09. The van der Waals surface area contributed by atoms with E-state index in [1.807, 2.05) is 24.5 Å². The fourth-order valence-corrected chi connectivity index (χ4v) is 5.83. The van der Waals surface area contributed by atoms with E-state index in [-0.39, 0.29) is 0 Å². The number of pyridine rings is 1. The maximum atomic E-state index is 5.71. The second-order valence-corrected chi connectivity index (χ2v) is 9.38. The number of aromatic nitrogens is 3. The summed E-state index contributed by atoms with van der Waals surface area (Å²) in [4.78, 5) is 15.8. The minimum absolute atomic E-state index is 0.720. The summed E-state index contributed by atoms with van der Waals surface area (Å²) in [7, 11) is 0. The van der Waals surface area contributed by atoms with Crippen LogP contribution < -0.4 is 5.32 Å². The minimum atomic E-state index is 0.720. The lowest BCUT2D eigenvalue weighted by Crippen LogP contribution is -2.03. The largest absolute Gasteiger partial charge is 0.463 e. The molecule has 0 fully saturated rings. The number of hydrogen-bond donors (Lipinski definition) is 1. The van der Waals surface area contributed by atoms with Gasteiger partial charge in [0.2, 0.25) is 0 Å². The van der Waals surface area contributed by atoms with Crippen LogP contribution in [0.2, 0.25) is 0 Å². The van der Waals surface area contributed by atoms with E-state index in [2.05, 4.69) is 29.6 Å². The van der Waals surface area contributed by atoms with Crippen molar-refractivity contribution >= 4 is 49.3 Å². The number of anilines is 1.